The van der Waals surface area contributed by atoms with Crippen LogP contribution in [0.4, 0.5) is 5.69 Å². The normalized spacial score (nSPS) is 16.0. The molecule has 0 radical (unpaired) electrons. The van der Waals surface area contributed by atoms with E-state index in [9.17, 15) is 4.79 Å². The highest BCUT2D eigenvalue weighted by Crippen LogP contribution is 2.19. The molecule has 1 aliphatic rings. The Morgan fingerprint density at radius 2 is 2.07 bits per heavy atom. The van der Waals surface area contributed by atoms with Gasteiger partial charge in [0.1, 0.15) is 12.4 Å². The van der Waals surface area contributed by atoms with Crippen LogP contribution in [0.1, 0.15) is 28.8 Å². The number of halogens is 1. The van der Waals surface area contributed by atoms with Crippen LogP contribution in [0.3, 0.4) is 0 Å². The first-order chi connectivity index (χ1) is 13.0. The van der Waals surface area contributed by atoms with Gasteiger partial charge >= 0.3 is 0 Å². The molecule has 1 saturated heterocycles. The van der Waals surface area contributed by atoms with Gasteiger partial charge in [-0.25, -0.2) is 0 Å². The third kappa shape index (κ3) is 5.76. The van der Waals surface area contributed by atoms with E-state index < -0.39 is 0 Å². The van der Waals surface area contributed by atoms with Crippen molar-refractivity contribution < 1.29 is 14.3 Å². The molecule has 0 saturated carbocycles. The summed E-state index contributed by atoms with van der Waals surface area (Å²) in [6.45, 7) is 3.35. The van der Waals surface area contributed by atoms with Gasteiger partial charge in [0.05, 0.1) is 6.10 Å². The predicted molar refractivity (Wildman–Crippen MR) is 113 cm³/mol. The topological polar surface area (TPSA) is 59.6 Å². The van der Waals surface area contributed by atoms with Gasteiger partial charge in [0.2, 0.25) is 0 Å². The number of hydrogen-bond acceptors (Lipinski definition) is 4. The zero-order valence-electron chi connectivity index (χ0n) is 15.0. The number of thiocarbonyl (C=S) groups is 1. The van der Waals surface area contributed by atoms with E-state index in [0.717, 1.165) is 40.9 Å². The number of ether oxygens (including phenoxy) is 2. The summed E-state index contributed by atoms with van der Waals surface area (Å²) in [7, 11) is 0. The molecule has 1 aliphatic heterocycles. The highest BCUT2D eigenvalue weighted by Gasteiger charge is 2.16. The summed E-state index contributed by atoms with van der Waals surface area (Å²) in [5.74, 6) is 0.514. The lowest BCUT2D eigenvalue weighted by molar-refractivity contribution is 0.0679. The third-order valence-electron chi connectivity index (χ3n) is 4.23. The number of anilines is 1. The zero-order valence-corrected chi connectivity index (χ0v) is 17.4. The van der Waals surface area contributed by atoms with E-state index in [4.69, 9.17) is 21.7 Å². The van der Waals surface area contributed by atoms with E-state index in [1.165, 1.54) is 0 Å². The fourth-order valence-electron chi connectivity index (χ4n) is 2.67. The Hall–Kier alpha value is -1.96. The fraction of sp³-hybridized carbons (Fsp3) is 0.300. The minimum Gasteiger partial charge on any atom is -0.491 e. The molecular weight excluding hydrogens is 428 g/mol. The van der Waals surface area contributed by atoms with Crippen LogP contribution in [-0.4, -0.2) is 30.3 Å². The summed E-state index contributed by atoms with van der Waals surface area (Å²) in [4.78, 5) is 12.3. The third-order valence-corrected chi connectivity index (χ3v) is 5.29. The van der Waals surface area contributed by atoms with Crippen molar-refractivity contribution in [2.24, 2.45) is 0 Å². The molecule has 1 heterocycles. The van der Waals surface area contributed by atoms with Crippen molar-refractivity contribution in [1.29, 1.82) is 0 Å². The molecule has 7 heteroatoms. The minimum atomic E-state index is -0.260. The SMILES string of the molecule is Cc1ccc(C(=O)NC(=S)Nc2ccc(OCC3CCCO3)cc2)cc1Br. The Labute approximate surface area is 172 Å². The van der Waals surface area contributed by atoms with Gasteiger partial charge in [-0.05, 0) is 73.9 Å². The van der Waals surface area contributed by atoms with Gasteiger partial charge in [-0.2, -0.15) is 0 Å². The van der Waals surface area contributed by atoms with Crippen LogP contribution in [0.15, 0.2) is 46.9 Å². The summed E-state index contributed by atoms with van der Waals surface area (Å²) >= 11 is 8.65. The standard InChI is InChI=1S/C20H21BrN2O3S/c1-13-4-5-14(11-18(13)21)19(24)23-20(27)22-15-6-8-16(9-7-15)26-12-17-3-2-10-25-17/h4-9,11,17H,2-3,10,12H2,1H3,(H2,22,23,24,27). The molecule has 0 aliphatic carbocycles. The molecule has 5 nitrogen and oxygen atoms in total. The van der Waals surface area contributed by atoms with Gasteiger partial charge in [0.15, 0.2) is 5.11 Å². The number of rotatable bonds is 5. The van der Waals surface area contributed by atoms with Crippen LogP contribution < -0.4 is 15.4 Å². The number of hydrogen-bond donors (Lipinski definition) is 2. The van der Waals surface area contributed by atoms with E-state index in [0.29, 0.717) is 12.2 Å². The molecule has 142 valence electrons. The Balaban J connectivity index is 1.49. The lowest BCUT2D eigenvalue weighted by Crippen LogP contribution is -2.34. The molecule has 1 atom stereocenters. The molecule has 1 unspecified atom stereocenters. The van der Waals surface area contributed by atoms with Gasteiger partial charge in [-0.15, -0.1) is 0 Å². The molecule has 2 aromatic carbocycles. The lowest BCUT2D eigenvalue weighted by atomic mass is 10.1. The van der Waals surface area contributed by atoms with E-state index in [-0.39, 0.29) is 17.1 Å². The second kappa shape index (κ2) is 9.30. The van der Waals surface area contributed by atoms with Crippen molar-refractivity contribution in [3.63, 3.8) is 0 Å². The number of benzene rings is 2. The average Bonchev–Trinajstić information content (AvgIpc) is 3.17. The Kier molecular flexibility index (Phi) is 6.82. The van der Waals surface area contributed by atoms with Gasteiger partial charge in [-0.3, -0.25) is 10.1 Å². The number of carbonyl (C=O) groups excluding carboxylic acids is 1. The molecule has 0 aromatic heterocycles. The second-order valence-corrected chi connectivity index (χ2v) is 7.61. The van der Waals surface area contributed by atoms with Gasteiger partial charge in [-0.1, -0.05) is 22.0 Å². The van der Waals surface area contributed by atoms with Crippen molar-refractivity contribution >= 4 is 44.9 Å². The number of nitrogens with one attached hydrogen (secondary N) is 2. The average molecular weight is 449 g/mol. The fourth-order valence-corrected chi connectivity index (χ4v) is 3.26. The predicted octanol–water partition coefficient (Wildman–Crippen LogP) is 4.44. The number of amides is 1. The van der Waals surface area contributed by atoms with Crippen LogP contribution >= 0.6 is 28.1 Å². The van der Waals surface area contributed by atoms with E-state index in [2.05, 4.69) is 26.6 Å². The van der Waals surface area contributed by atoms with Crippen LogP contribution in [0, 0.1) is 6.92 Å². The molecule has 2 aromatic rings. The molecule has 0 bridgehead atoms. The van der Waals surface area contributed by atoms with Crippen molar-refractivity contribution in [3.8, 4) is 5.75 Å². The zero-order chi connectivity index (χ0) is 19.2. The summed E-state index contributed by atoms with van der Waals surface area (Å²) in [5.41, 5.74) is 2.37. The van der Waals surface area contributed by atoms with Crippen molar-refractivity contribution in [1.82, 2.24) is 5.32 Å². The van der Waals surface area contributed by atoms with Crippen molar-refractivity contribution in [2.75, 3.05) is 18.5 Å². The molecule has 27 heavy (non-hydrogen) atoms. The Bertz CT molecular complexity index is 820. The summed E-state index contributed by atoms with van der Waals surface area (Å²) < 4.78 is 12.2. The first-order valence-electron chi connectivity index (χ1n) is 8.74. The Morgan fingerprint density at radius 3 is 2.74 bits per heavy atom. The van der Waals surface area contributed by atoms with Crippen LogP contribution in [0.2, 0.25) is 0 Å². The smallest absolute Gasteiger partial charge is 0.257 e. The molecule has 2 N–H and O–H groups in total. The van der Waals surface area contributed by atoms with Gasteiger partial charge in [0, 0.05) is 22.3 Å². The quantitative estimate of drug-likeness (QED) is 0.661. The number of aryl methyl sites for hydroxylation is 1. The Morgan fingerprint density at radius 1 is 1.30 bits per heavy atom. The molecular formula is C20H21BrN2O3S. The minimum absolute atomic E-state index is 0.187. The second-order valence-electron chi connectivity index (χ2n) is 6.34. The number of carbonyl (C=O) groups is 1. The summed E-state index contributed by atoms with van der Waals surface area (Å²) in [5, 5.41) is 5.92. The van der Waals surface area contributed by atoms with Crippen LogP contribution in [-0.2, 0) is 4.74 Å². The maximum absolute atomic E-state index is 12.3. The summed E-state index contributed by atoms with van der Waals surface area (Å²) in [6, 6.07) is 12.8. The molecule has 3 rings (SSSR count). The van der Waals surface area contributed by atoms with E-state index in [1.54, 1.807) is 12.1 Å². The molecule has 1 fully saturated rings. The lowest BCUT2D eigenvalue weighted by Gasteiger charge is -2.13. The van der Waals surface area contributed by atoms with Gasteiger partial charge in [0.25, 0.3) is 5.91 Å². The first kappa shape index (κ1) is 19.8. The maximum atomic E-state index is 12.3. The van der Waals surface area contributed by atoms with Crippen LogP contribution in [0.5, 0.6) is 5.75 Å². The van der Waals surface area contributed by atoms with E-state index in [1.807, 2.05) is 37.3 Å². The van der Waals surface area contributed by atoms with E-state index >= 15 is 0 Å². The molecule has 0 spiro atoms. The van der Waals surface area contributed by atoms with Crippen molar-refractivity contribution in [3.05, 3.63) is 58.1 Å². The molecule has 1 amide bonds. The first-order valence-corrected chi connectivity index (χ1v) is 9.94. The largest absolute Gasteiger partial charge is 0.491 e. The highest BCUT2D eigenvalue weighted by molar-refractivity contribution is 9.10. The van der Waals surface area contributed by atoms with Crippen molar-refractivity contribution in [2.45, 2.75) is 25.9 Å². The summed E-state index contributed by atoms with van der Waals surface area (Å²) in [6.07, 6.45) is 2.33. The highest BCUT2D eigenvalue weighted by atomic mass is 79.9. The maximum Gasteiger partial charge on any atom is 0.257 e. The monoisotopic (exact) mass is 448 g/mol. The van der Waals surface area contributed by atoms with Gasteiger partial charge < -0.3 is 14.8 Å². The van der Waals surface area contributed by atoms with Crippen LogP contribution in [0.25, 0.3) is 0 Å².